The van der Waals surface area contributed by atoms with Crippen molar-refractivity contribution in [2.75, 3.05) is 26.2 Å². The molecule has 29 heavy (non-hydrogen) atoms. The summed E-state index contributed by atoms with van der Waals surface area (Å²) in [6.45, 7) is 5.85. The van der Waals surface area contributed by atoms with Crippen molar-refractivity contribution in [1.82, 2.24) is 15.1 Å². The maximum atomic E-state index is 12.7. The monoisotopic (exact) mass is 391 g/mol. The standard InChI is InChI=1S/C25H33N3O/c1-20(25(29)26-23-14-8-9-15-23)27-16-18-28(19-17-27)24(21-10-4-2-5-11-21)22-12-6-3-7-13-22/h2-7,10-13,20,23-24H,8-9,14-19H2,1H3,(H,26,29). The molecule has 0 aromatic heterocycles. The number of nitrogens with zero attached hydrogens (tertiary/aromatic N) is 2. The van der Waals surface area contributed by atoms with Gasteiger partial charge in [0.05, 0.1) is 12.1 Å². The van der Waals surface area contributed by atoms with E-state index in [4.69, 9.17) is 0 Å². The zero-order valence-corrected chi connectivity index (χ0v) is 17.5. The average Bonchev–Trinajstić information content (AvgIpc) is 3.28. The Hall–Kier alpha value is -2.17. The number of carbonyl (C=O) groups excluding carboxylic acids is 1. The molecular weight excluding hydrogens is 358 g/mol. The van der Waals surface area contributed by atoms with Gasteiger partial charge in [0.1, 0.15) is 0 Å². The molecule has 1 aliphatic carbocycles. The maximum absolute atomic E-state index is 12.7. The van der Waals surface area contributed by atoms with Crippen molar-refractivity contribution in [3.05, 3.63) is 71.8 Å². The van der Waals surface area contributed by atoms with Crippen molar-refractivity contribution < 1.29 is 4.79 Å². The van der Waals surface area contributed by atoms with Crippen molar-refractivity contribution in [2.24, 2.45) is 0 Å². The van der Waals surface area contributed by atoms with Crippen molar-refractivity contribution >= 4 is 5.91 Å². The lowest BCUT2D eigenvalue weighted by Gasteiger charge is -2.41. The normalized spacial score (nSPS) is 20.1. The Balaban J connectivity index is 1.41. The van der Waals surface area contributed by atoms with Crippen LogP contribution >= 0.6 is 0 Å². The number of carbonyl (C=O) groups is 1. The van der Waals surface area contributed by atoms with Crippen molar-refractivity contribution in [3.8, 4) is 0 Å². The minimum atomic E-state index is -0.0512. The van der Waals surface area contributed by atoms with Gasteiger partial charge in [-0.1, -0.05) is 73.5 Å². The van der Waals surface area contributed by atoms with Crippen LogP contribution in [0.2, 0.25) is 0 Å². The summed E-state index contributed by atoms with van der Waals surface area (Å²) in [6.07, 6.45) is 4.78. The van der Waals surface area contributed by atoms with E-state index >= 15 is 0 Å². The minimum absolute atomic E-state index is 0.0512. The van der Waals surface area contributed by atoms with E-state index in [0.29, 0.717) is 6.04 Å². The summed E-state index contributed by atoms with van der Waals surface area (Å²) < 4.78 is 0. The van der Waals surface area contributed by atoms with E-state index in [1.807, 2.05) is 0 Å². The quantitative estimate of drug-likeness (QED) is 0.813. The Labute approximate surface area is 174 Å². The van der Waals surface area contributed by atoms with Gasteiger partial charge in [0.2, 0.25) is 5.91 Å². The second-order valence-electron chi connectivity index (χ2n) is 8.46. The zero-order chi connectivity index (χ0) is 20.1. The second kappa shape index (κ2) is 9.55. The zero-order valence-electron chi connectivity index (χ0n) is 17.5. The van der Waals surface area contributed by atoms with Gasteiger partial charge in [-0.15, -0.1) is 0 Å². The molecule has 4 rings (SSSR count). The summed E-state index contributed by atoms with van der Waals surface area (Å²) in [6, 6.07) is 22.1. The van der Waals surface area contributed by atoms with Crippen molar-refractivity contribution in [2.45, 2.75) is 50.7 Å². The Morgan fingerprint density at radius 1 is 0.828 bits per heavy atom. The van der Waals surface area contributed by atoms with Crippen LogP contribution in [0.4, 0.5) is 0 Å². The third-order valence-electron chi connectivity index (χ3n) is 6.57. The lowest BCUT2D eigenvalue weighted by molar-refractivity contribution is -0.127. The predicted octanol–water partition coefficient (Wildman–Crippen LogP) is 3.84. The van der Waals surface area contributed by atoms with Crippen LogP contribution in [0.5, 0.6) is 0 Å². The van der Waals surface area contributed by atoms with Gasteiger partial charge in [-0.3, -0.25) is 14.6 Å². The lowest BCUT2D eigenvalue weighted by atomic mass is 9.96. The summed E-state index contributed by atoms with van der Waals surface area (Å²) in [4.78, 5) is 17.6. The smallest absolute Gasteiger partial charge is 0.237 e. The molecule has 2 aromatic carbocycles. The molecule has 0 radical (unpaired) electrons. The number of benzene rings is 2. The third kappa shape index (κ3) is 4.88. The maximum Gasteiger partial charge on any atom is 0.237 e. The number of hydrogen-bond donors (Lipinski definition) is 1. The fourth-order valence-electron chi connectivity index (χ4n) is 4.83. The Morgan fingerprint density at radius 3 is 1.83 bits per heavy atom. The topological polar surface area (TPSA) is 35.6 Å². The molecule has 0 spiro atoms. The third-order valence-corrected chi connectivity index (χ3v) is 6.57. The SMILES string of the molecule is CC(C(=O)NC1CCCC1)N1CCN(C(c2ccccc2)c2ccccc2)CC1. The number of rotatable bonds is 6. The molecule has 2 fully saturated rings. The van der Waals surface area contributed by atoms with Crippen molar-refractivity contribution in [3.63, 3.8) is 0 Å². The average molecular weight is 392 g/mol. The molecule has 1 N–H and O–H groups in total. The summed E-state index contributed by atoms with van der Waals surface area (Å²) in [5, 5.41) is 3.27. The molecule has 1 heterocycles. The molecule has 2 aliphatic rings. The first kappa shape index (κ1) is 20.1. The molecule has 1 saturated heterocycles. The highest BCUT2D eigenvalue weighted by Crippen LogP contribution is 2.29. The molecule has 1 aliphatic heterocycles. The predicted molar refractivity (Wildman–Crippen MR) is 118 cm³/mol. The first-order valence-electron chi connectivity index (χ1n) is 11.1. The molecule has 1 unspecified atom stereocenters. The number of piperazine rings is 1. The summed E-state index contributed by atoms with van der Waals surface area (Å²) in [5.41, 5.74) is 2.67. The Kier molecular flexibility index (Phi) is 6.63. The highest BCUT2D eigenvalue weighted by atomic mass is 16.2. The Morgan fingerprint density at radius 2 is 1.31 bits per heavy atom. The molecule has 1 amide bonds. The van der Waals surface area contributed by atoms with Crippen molar-refractivity contribution in [1.29, 1.82) is 0 Å². The molecule has 154 valence electrons. The van der Waals surface area contributed by atoms with E-state index in [-0.39, 0.29) is 18.0 Å². The molecular formula is C25H33N3O. The fourth-order valence-corrected chi connectivity index (χ4v) is 4.83. The van der Waals surface area contributed by atoms with Crippen LogP contribution in [0.1, 0.15) is 49.8 Å². The van der Waals surface area contributed by atoms with Gasteiger partial charge in [0, 0.05) is 32.2 Å². The molecule has 1 saturated carbocycles. The van der Waals surface area contributed by atoms with Gasteiger partial charge in [-0.2, -0.15) is 0 Å². The first-order valence-corrected chi connectivity index (χ1v) is 11.1. The molecule has 0 bridgehead atoms. The van der Waals surface area contributed by atoms with Crippen LogP contribution < -0.4 is 5.32 Å². The molecule has 4 nitrogen and oxygen atoms in total. The molecule has 2 aromatic rings. The number of hydrogen-bond acceptors (Lipinski definition) is 3. The number of nitrogens with one attached hydrogen (secondary N) is 1. The second-order valence-corrected chi connectivity index (χ2v) is 8.46. The highest BCUT2D eigenvalue weighted by Gasteiger charge is 2.31. The van der Waals surface area contributed by atoms with Gasteiger partial charge in [-0.05, 0) is 30.9 Å². The van der Waals surface area contributed by atoms with Crippen LogP contribution in [0, 0.1) is 0 Å². The summed E-state index contributed by atoms with van der Waals surface area (Å²) >= 11 is 0. The van der Waals surface area contributed by atoms with Gasteiger partial charge in [0.25, 0.3) is 0 Å². The fraction of sp³-hybridized carbons (Fsp3) is 0.480. The van der Waals surface area contributed by atoms with E-state index in [1.165, 1.54) is 24.0 Å². The van der Waals surface area contributed by atoms with Gasteiger partial charge in [-0.25, -0.2) is 0 Å². The van der Waals surface area contributed by atoms with Gasteiger partial charge >= 0.3 is 0 Å². The van der Waals surface area contributed by atoms with E-state index in [2.05, 4.69) is 82.7 Å². The number of amides is 1. The largest absolute Gasteiger partial charge is 0.352 e. The van der Waals surface area contributed by atoms with Gasteiger partial charge in [0.15, 0.2) is 0 Å². The van der Waals surface area contributed by atoms with Gasteiger partial charge < -0.3 is 5.32 Å². The van der Waals surface area contributed by atoms with E-state index in [1.54, 1.807) is 0 Å². The minimum Gasteiger partial charge on any atom is -0.352 e. The van der Waals surface area contributed by atoms with Crippen LogP contribution in [0.3, 0.4) is 0 Å². The summed E-state index contributed by atoms with van der Waals surface area (Å²) in [7, 11) is 0. The lowest BCUT2D eigenvalue weighted by Crippen LogP contribution is -2.55. The summed E-state index contributed by atoms with van der Waals surface area (Å²) in [5.74, 6) is 0.202. The van der Waals surface area contributed by atoms with Crippen LogP contribution in [-0.4, -0.2) is 54.0 Å². The van der Waals surface area contributed by atoms with E-state index in [0.717, 1.165) is 39.0 Å². The van der Waals surface area contributed by atoms with Crippen LogP contribution in [0.15, 0.2) is 60.7 Å². The molecule has 4 heteroatoms. The van der Waals surface area contributed by atoms with Crippen LogP contribution in [-0.2, 0) is 4.79 Å². The Bertz CT molecular complexity index is 726. The van der Waals surface area contributed by atoms with E-state index in [9.17, 15) is 4.79 Å². The highest BCUT2D eigenvalue weighted by molar-refractivity contribution is 5.81. The first-order chi connectivity index (χ1) is 14.2. The van der Waals surface area contributed by atoms with Crippen LogP contribution in [0.25, 0.3) is 0 Å². The molecule has 1 atom stereocenters. The van der Waals surface area contributed by atoms with E-state index < -0.39 is 0 Å².